The van der Waals surface area contributed by atoms with E-state index in [4.69, 9.17) is 9.15 Å². The van der Waals surface area contributed by atoms with Gasteiger partial charge in [-0.25, -0.2) is 4.39 Å². The second-order valence-corrected chi connectivity index (χ2v) is 8.59. The number of aryl methyl sites for hydroxylation is 1. The molecule has 34 heavy (non-hydrogen) atoms. The molecule has 0 N–H and O–H groups in total. The van der Waals surface area contributed by atoms with Crippen molar-refractivity contribution in [1.82, 2.24) is 10.2 Å². The van der Waals surface area contributed by atoms with Gasteiger partial charge in [-0.05, 0) is 78.1 Å². The number of anilines is 1. The van der Waals surface area contributed by atoms with Gasteiger partial charge in [0.05, 0.1) is 12.6 Å². The van der Waals surface area contributed by atoms with Gasteiger partial charge >= 0.3 is 0 Å². The topological polar surface area (TPSA) is 51.4 Å². The Bertz CT molecular complexity index is 1330. The Kier molecular flexibility index (Phi) is 5.65. The van der Waals surface area contributed by atoms with Crippen molar-refractivity contribution in [3.8, 4) is 5.75 Å². The maximum absolute atomic E-state index is 13.7. The van der Waals surface area contributed by atoms with Gasteiger partial charge in [-0.15, -0.1) is 10.2 Å². The lowest BCUT2D eigenvalue weighted by Gasteiger charge is -2.48. The molecular weight excluding hydrogens is 429 g/mol. The quantitative estimate of drug-likeness (QED) is 0.368. The van der Waals surface area contributed by atoms with Crippen LogP contribution in [0.3, 0.4) is 0 Å². The zero-order valence-electron chi connectivity index (χ0n) is 19.5. The summed E-state index contributed by atoms with van der Waals surface area (Å²) in [6.45, 7) is 4.80. The van der Waals surface area contributed by atoms with E-state index < -0.39 is 5.54 Å². The molecule has 5 rings (SSSR count). The average molecular weight is 456 g/mol. The average Bonchev–Trinajstić information content (AvgIpc) is 3.28. The molecule has 1 aliphatic heterocycles. The number of methoxy groups -OCH3 is 1. The summed E-state index contributed by atoms with van der Waals surface area (Å²) in [5, 5.41) is 7.86. The molecule has 1 aromatic heterocycles. The zero-order valence-corrected chi connectivity index (χ0v) is 19.5. The Hall–Kier alpha value is -3.93. The Labute approximate surface area is 198 Å². The molecule has 1 unspecified atom stereocenters. The van der Waals surface area contributed by atoms with Crippen molar-refractivity contribution in [1.29, 1.82) is 0 Å². The molecule has 0 saturated heterocycles. The Balaban J connectivity index is 1.56. The van der Waals surface area contributed by atoms with Gasteiger partial charge in [-0.2, -0.15) is 0 Å². The van der Waals surface area contributed by atoms with Crippen molar-refractivity contribution >= 4 is 17.8 Å². The second-order valence-electron chi connectivity index (χ2n) is 8.59. The van der Waals surface area contributed by atoms with E-state index in [1.807, 2.05) is 30.4 Å². The summed E-state index contributed by atoms with van der Waals surface area (Å²) in [6, 6.07) is 21.5. The van der Waals surface area contributed by atoms with Gasteiger partial charge in [-0.1, -0.05) is 30.3 Å². The number of fused-ring (bicyclic) bond motifs is 1. The van der Waals surface area contributed by atoms with Gasteiger partial charge in [0.1, 0.15) is 11.6 Å². The first kappa shape index (κ1) is 21.9. The lowest BCUT2D eigenvalue weighted by Crippen LogP contribution is -2.49. The van der Waals surface area contributed by atoms with Gasteiger partial charge in [0.25, 0.3) is 0 Å². The van der Waals surface area contributed by atoms with Crippen LogP contribution in [0.15, 0.2) is 71.1 Å². The first-order valence-corrected chi connectivity index (χ1v) is 11.3. The highest BCUT2D eigenvalue weighted by atomic mass is 19.1. The molecule has 3 aromatic carbocycles. The fourth-order valence-electron chi connectivity index (χ4n) is 4.77. The van der Waals surface area contributed by atoms with Crippen molar-refractivity contribution in [2.75, 3.05) is 18.6 Å². The lowest BCUT2D eigenvalue weighted by molar-refractivity contribution is 0.411. The number of rotatable bonds is 5. The van der Waals surface area contributed by atoms with Gasteiger partial charge in [0, 0.05) is 25.2 Å². The van der Waals surface area contributed by atoms with E-state index >= 15 is 0 Å². The summed E-state index contributed by atoms with van der Waals surface area (Å²) < 4.78 is 24.6. The van der Waals surface area contributed by atoms with Crippen LogP contribution in [0.25, 0.3) is 12.2 Å². The van der Waals surface area contributed by atoms with Crippen LogP contribution < -0.4 is 9.64 Å². The number of halogens is 1. The number of hydrogen-bond acceptors (Lipinski definition) is 5. The van der Waals surface area contributed by atoms with Crippen LogP contribution in [-0.4, -0.2) is 23.9 Å². The van der Waals surface area contributed by atoms with Crippen LogP contribution in [-0.2, 0) is 12.0 Å². The molecular formula is C28H26FN3O2. The molecule has 1 atom stereocenters. The minimum absolute atomic E-state index is 0.236. The molecule has 0 fully saturated rings. The van der Waals surface area contributed by atoms with Crippen LogP contribution in [0.4, 0.5) is 10.1 Å². The molecule has 1 aliphatic rings. The van der Waals surface area contributed by atoms with Crippen LogP contribution in [0.1, 0.15) is 41.0 Å². The molecule has 0 radical (unpaired) electrons. The third-order valence-electron chi connectivity index (χ3n) is 6.55. The van der Waals surface area contributed by atoms with Crippen LogP contribution in [0.2, 0.25) is 0 Å². The first-order valence-electron chi connectivity index (χ1n) is 11.3. The summed E-state index contributed by atoms with van der Waals surface area (Å²) >= 11 is 0. The summed E-state index contributed by atoms with van der Waals surface area (Å²) in [6.07, 6.45) is 4.64. The van der Waals surface area contributed by atoms with Crippen molar-refractivity contribution in [2.45, 2.75) is 25.8 Å². The molecule has 0 saturated carbocycles. The fourth-order valence-corrected chi connectivity index (χ4v) is 4.77. The van der Waals surface area contributed by atoms with E-state index in [0.29, 0.717) is 11.8 Å². The molecule has 4 aromatic rings. The predicted octanol–water partition coefficient (Wildman–Crippen LogP) is 6.02. The minimum Gasteiger partial charge on any atom is -0.497 e. The molecule has 5 nitrogen and oxygen atoms in total. The fraction of sp³-hybridized carbons (Fsp3) is 0.214. The van der Waals surface area contributed by atoms with Gasteiger partial charge < -0.3 is 14.1 Å². The third-order valence-corrected chi connectivity index (χ3v) is 6.55. The van der Waals surface area contributed by atoms with Crippen molar-refractivity contribution in [2.24, 2.45) is 0 Å². The monoisotopic (exact) mass is 455 g/mol. The van der Waals surface area contributed by atoms with E-state index in [2.05, 4.69) is 58.4 Å². The maximum Gasteiger partial charge on any atom is 0.240 e. The summed E-state index contributed by atoms with van der Waals surface area (Å²) in [5.74, 6) is 1.64. The molecule has 6 heteroatoms. The Morgan fingerprint density at radius 3 is 2.44 bits per heavy atom. The standard InChI is InChI=1S/C28H26FN3O2/c1-19-30-31-27(34-19)15-6-20-4-7-22(8-5-20)28(2)26-14-13-25(33-3)18-21(26)16-17-32(28)24-11-9-23(29)10-12-24/h4-15,18H,16-17H2,1-3H3. The van der Waals surface area contributed by atoms with Crippen molar-refractivity contribution in [3.05, 3.63) is 107 Å². The molecule has 0 aliphatic carbocycles. The van der Waals surface area contributed by atoms with E-state index in [-0.39, 0.29) is 5.82 Å². The predicted molar refractivity (Wildman–Crippen MR) is 131 cm³/mol. The first-order chi connectivity index (χ1) is 16.5. The highest BCUT2D eigenvalue weighted by Gasteiger charge is 2.40. The largest absolute Gasteiger partial charge is 0.497 e. The molecule has 0 amide bonds. The lowest BCUT2D eigenvalue weighted by atomic mass is 9.76. The van der Waals surface area contributed by atoms with E-state index in [1.165, 1.54) is 23.3 Å². The number of nitrogens with zero attached hydrogens (tertiary/aromatic N) is 3. The van der Waals surface area contributed by atoms with E-state index in [9.17, 15) is 4.39 Å². The normalized spacial score (nSPS) is 17.7. The molecule has 0 spiro atoms. The van der Waals surface area contributed by atoms with Crippen LogP contribution in [0.5, 0.6) is 5.75 Å². The van der Waals surface area contributed by atoms with Crippen molar-refractivity contribution in [3.63, 3.8) is 0 Å². The molecule has 0 bridgehead atoms. The van der Waals surface area contributed by atoms with Gasteiger partial charge in [0.15, 0.2) is 0 Å². The SMILES string of the molecule is COc1ccc2c(c1)CCN(c1ccc(F)cc1)C2(C)c1ccc(C=Cc2nnc(C)o2)cc1. The van der Waals surface area contributed by atoms with Crippen LogP contribution in [0, 0.1) is 12.7 Å². The maximum atomic E-state index is 13.7. The van der Waals surface area contributed by atoms with E-state index in [1.54, 1.807) is 14.0 Å². The zero-order chi connectivity index (χ0) is 23.7. The highest BCUT2D eigenvalue weighted by molar-refractivity contribution is 5.67. The second kappa shape index (κ2) is 8.78. The molecule has 2 heterocycles. The third kappa shape index (κ3) is 3.96. The highest BCUT2D eigenvalue weighted by Crippen LogP contribution is 2.44. The summed E-state index contributed by atoms with van der Waals surface area (Å²) in [5.41, 5.74) is 5.20. The summed E-state index contributed by atoms with van der Waals surface area (Å²) in [7, 11) is 1.69. The Morgan fingerprint density at radius 2 is 1.76 bits per heavy atom. The number of benzene rings is 3. The number of hydrogen-bond donors (Lipinski definition) is 0. The van der Waals surface area contributed by atoms with Crippen LogP contribution >= 0.6 is 0 Å². The smallest absolute Gasteiger partial charge is 0.240 e. The van der Waals surface area contributed by atoms with Crippen molar-refractivity contribution < 1.29 is 13.5 Å². The number of ether oxygens (including phenoxy) is 1. The number of aromatic nitrogens is 2. The Morgan fingerprint density at radius 1 is 1.00 bits per heavy atom. The summed E-state index contributed by atoms with van der Waals surface area (Å²) in [4.78, 5) is 2.35. The minimum atomic E-state index is -0.441. The van der Waals surface area contributed by atoms with Gasteiger partial charge in [0.2, 0.25) is 11.8 Å². The van der Waals surface area contributed by atoms with E-state index in [0.717, 1.165) is 35.5 Å². The molecule has 172 valence electrons. The van der Waals surface area contributed by atoms with Gasteiger partial charge in [-0.3, -0.25) is 0 Å².